The zero-order valence-electron chi connectivity index (χ0n) is 9.90. The molecule has 0 aromatic rings. The van der Waals surface area contributed by atoms with Gasteiger partial charge in [0.25, 0.3) is 5.08 Å². The van der Waals surface area contributed by atoms with Crippen molar-refractivity contribution in [2.45, 2.75) is 37.9 Å². The number of hydrogen-bond acceptors (Lipinski definition) is 5. The highest BCUT2D eigenvalue weighted by Crippen LogP contribution is 2.72. The summed E-state index contributed by atoms with van der Waals surface area (Å²) in [7, 11) is -10.2. The van der Waals surface area contributed by atoms with E-state index in [0.717, 1.165) is 0 Å². The molecule has 0 aliphatic rings. The lowest BCUT2D eigenvalue weighted by Gasteiger charge is -2.35. The highest BCUT2D eigenvalue weighted by molar-refractivity contribution is 7.72. The largest absolute Gasteiger partial charge is 0.372 e. The van der Waals surface area contributed by atoms with E-state index in [1.54, 1.807) is 0 Å². The highest BCUT2D eigenvalue weighted by atomic mass is 31.2. The smallest absolute Gasteiger partial charge is 0.367 e. The molecule has 0 aromatic heterocycles. The molecule has 0 rings (SSSR count). The van der Waals surface area contributed by atoms with Crippen molar-refractivity contribution in [2.24, 2.45) is 5.73 Å². The Morgan fingerprint density at radius 1 is 1.18 bits per heavy atom. The lowest BCUT2D eigenvalue weighted by molar-refractivity contribution is 0.0612. The van der Waals surface area contributed by atoms with E-state index in [9.17, 15) is 19.1 Å². The third-order valence-electron chi connectivity index (χ3n) is 1.80. The standard InChI is InChI=1S/C7H19NO7P2/c1-6(2,3)15-17(13,14)7(9,4-5-8)16(10,11)12/h9H,4-5,8H2,1-3H3,(H,13,14)(H2,10,11,12). The second-order valence-electron chi connectivity index (χ2n) is 4.58. The fraction of sp³-hybridized carbons (Fsp3) is 1.00. The van der Waals surface area contributed by atoms with E-state index in [0.29, 0.717) is 0 Å². The topological polar surface area (TPSA) is 150 Å². The van der Waals surface area contributed by atoms with Crippen molar-refractivity contribution in [3.05, 3.63) is 0 Å². The predicted octanol–water partition coefficient (Wildman–Crippen LogP) is 0.160. The number of rotatable bonds is 5. The average Bonchev–Trinajstić information content (AvgIpc) is 1.97. The molecule has 8 nitrogen and oxygen atoms in total. The van der Waals surface area contributed by atoms with Crippen molar-refractivity contribution in [1.82, 2.24) is 0 Å². The normalized spacial score (nSPS) is 20.7. The van der Waals surface area contributed by atoms with Gasteiger partial charge in [0.05, 0.1) is 5.60 Å². The molecule has 0 aliphatic heterocycles. The predicted molar refractivity (Wildman–Crippen MR) is 61.3 cm³/mol. The third kappa shape index (κ3) is 4.12. The quantitative estimate of drug-likeness (QED) is 0.449. The van der Waals surface area contributed by atoms with Crippen LogP contribution in [0.3, 0.4) is 0 Å². The van der Waals surface area contributed by atoms with E-state index >= 15 is 0 Å². The van der Waals surface area contributed by atoms with E-state index < -0.39 is 32.3 Å². The van der Waals surface area contributed by atoms with Crippen LogP contribution in [0.2, 0.25) is 0 Å². The van der Waals surface area contributed by atoms with Gasteiger partial charge in [0.1, 0.15) is 0 Å². The van der Waals surface area contributed by atoms with Gasteiger partial charge >= 0.3 is 15.2 Å². The molecule has 0 amide bonds. The molecule has 104 valence electrons. The molecule has 0 aromatic carbocycles. The molecule has 0 bridgehead atoms. The van der Waals surface area contributed by atoms with Crippen molar-refractivity contribution in [3.8, 4) is 0 Å². The molecule has 0 spiro atoms. The van der Waals surface area contributed by atoms with Crippen LogP contribution < -0.4 is 5.73 Å². The number of aliphatic hydroxyl groups is 1. The Labute approximate surface area is 99.5 Å². The van der Waals surface area contributed by atoms with E-state index in [1.165, 1.54) is 20.8 Å². The van der Waals surface area contributed by atoms with Crippen LogP contribution in [-0.2, 0) is 13.7 Å². The monoisotopic (exact) mass is 291 g/mol. The van der Waals surface area contributed by atoms with Crippen molar-refractivity contribution in [3.63, 3.8) is 0 Å². The fourth-order valence-corrected chi connectivity index (χ4v) is 4.25. The first kappa shape index (κ1) is 17.2. The van der Waals surface area contributed by atoms with Crippen molar-refractivity contribution < 1.29 is 33.4 Å². The highest BCUT2D eigenvalue weighted by Gasteiger charge is 2.61. The molecule has 0 fully saturated rings. The maximum atomic E-state index is 11.8. The maximum Gasteiger partial charge on any atom is 0.372 e. The van der Waals surface area contributed by atoms with Crippen LogP contribution in [0.25, 0.3) is 0 Å². The molecule has 0 saturated heterocycles. The fourth-order valence-electron chi connectivity index (χ4n) is 1.09. The summed E-state index contributed by atoms with van der Waals surface area (Å²) < 4.78 is 27.7. The van der Waals surface area contributed by atoms with Crippen LogP contribution in [-0.4, -0.2) is 37.0 Å². The Hall–Kier alpha value is 0.220. The van der Waals surface area contributed by atoms with E-state index in [-0.39, 0.29) is 6.54 Å². The van der Waals surface area contributed by atoms with Crippen LogP contribution in [0, 0.1) is 0 Å². The molecule has 6 N–H and O–H groups in total. The Morgan fingerprint density at radius 3 is 1.82 bits per heavy atom. The molecule has 0 saturated carbocycles. The summed E-state index contributed by atoms with van der Waals surface area (Å²) in [5.74, 6) is 0. The van der Waals surface area contributed by atoms with Gasteiger partial charge in [0, 0.05) is 6.42 Å². The molecule has 0 radical (unpaired) electrons. The third-order valence-corrected chi connectivity index (χ3v) is 6.42. The molecular formula is C7H19NO7P2. The summed E-state index contributed by atoms with van der Waals surface area (Å²) in [6, 6.07) is 0. The minimum atomic E-state index is -5.27. The van der Waals surface area contributed by atoms with Crippen molar-refractivity contribution >= 4 is 15.2 Å². The molecule has 2 unspecified atom stereocenters. The van der Waals surface area contributed by atoms with Gasteiger partial charge in [-0.1, -0.05) is 0 Å². The molecular weight excluding hydrogens is 272 g/mol. The zero-order chi connectivity index (χ0) is 14.1. The second-order valence-corrected chi connectivity index (χ2v) is 8.73. The number of nitrogens with two attached hydrogens (primary N) is 1. The van der Waals surface area contributed by atoms with Gasteiger partial charge in [0.15, 0.2) is 0 Å². The minimum absolute atomic E-state index is 0.375. The van der Waals surface area contributed by atoms with E-state index in [2.05, 4.69) is 4.52 Å². The van der Waals surface area contributed by atoms with Crippen LogP contribution in [0.4, 0.5) is 0 Å². The summed E-state index contributed by atoms with van der Waals surface area (Å²) in [6.45, 7) is 3.87. The Morgan fingerprint density at radius 2 is 1.59 bits per heavy atom. The SMILES string of the molecule is CC(C)(C)OP(=O)(O)C(O)(CCN)P(=O)(O)O. The van der Waals surface area contributed by atoms with Gasteiger partial charge in [-0.05, 0) is 27.3 Å². The summed E-state index contributed by atoms with van der Waals surface area (Å²) in [4.78, 5) is 27.6. The number of hydrogen-bond donors (Lipinski definition) is 5. The summed E-state index contributed by atoms with van der Waals surface area (Å²) in [5, 5.41) is 6.58. The van der Waals surface area contributed by atoms with Gasteiger partial charge in [0.2, 0.25) is 0 Å². The summed E-state index contributed by atoms with van der Waals surface area (Å²) in [6.07, 6.45) is -0.749. The lowest BCUT2D eigenvalue weighted by atomic mass is 10.2. The van der Waals surface area contributed by atoms with Crippen LogP contribution in [0.5, 0.6) is 0 Å². The van der Waals surface area contributed by atoms with Crippen LogP contribution in [0.15, 0.2) is 0 Å². The van der Waals surface area contributed by atoms with Gasteiger partial charge in [-0.3, -0.25) is 9.13 Å². The first-order chi connectivity index (χ1) is 7.27. The van der Waals surface area contributed by atoms with Crippen LogP contribution in [0.1, 0.15) is 27.2 Å². The minimum Gasteiger partial charge on any atom is -0.367 e. The summed E-state index contributed by atoms with van der Waals surface area (Å²) >= 11 is 0. The lowest BCUT2D eigenvalue weighted by Crippen LogP contribution is -2.35. The first-order valence-electron chi connectivity index (χ1n) is 4.78. The average molecular weight is 291 g/mol. The van der Waals surface area contributed by atoms with Gasteiger partial charge in [-0.25, -0.2) is 0 Å². The Bertz CT molecular complexity index is 360. The van der Waals surface area contributed by atoms with E-state index in [4.69, 9.17) is 15.5 Å². The first-order valence-corrected chi connectivity index (χ1v) is 7.97. The van der Waals surface area contributed by atoms with Crippen molar-refractivity contribution in [1.29, 1.82) is 0 Å². The summed E-state index contributed by atoms with van der Waals surface area (Å²) in [5.41, 5.74) is 3.93. The molecule has 0 heterocycles. The Kier molecular flexibility index (Phi) is 5.14. The van der Waals surface area contributed by atoms with Gasteiger partial charge in [-0.15, -0.1) is 0 Å². The van der Waals surface area contributed by atoms with Gasteiger partial charge < -0.3 is 30.0 Å². The molecule has 10 heteroatoms. The van der Waals surface area contributed by atoms with Crippen molar-refractivity contribution in [2.75, 3.05) is 6.54 Å². The Balaban J connectivity index is 5.49. The second kappa shape index (κ2) is 5.07. The molecule has 2 atom stereocenters. The molecule has 17 heavy (non-hydrogen) atoms. The van der Waals surface area contributed by atoms with E-state index in [1.807, 2.05) is 0 Å². The van der Waals surface area contributed by atoms with Gasteiger partial charge in [-0.2, -0.15) is 0 Å². The molecule has 0 aliphatic carbocycles. The maximum absolute atomic E-state index is 11.8. The van der Waals surface area contributed by atoms with Crippen LogP contribution >= 0.6 is 15.2 Å². The zero-order valence-corrected chi connectivity index (χ0v) is 11.7.